The summed E-state index contributed by atoms with van der Waals surface area (Å²) < 4.78 is 0. The number of rotatable bonds is 6. The van der Waals surface area contributed by atoms with Crippen LogP contribution in [0, 0.1) is 0 Å². The van der Waals surface area contributed by atoms with Crippen LogP contribution in [0.2, 0.25) is 0 Å². The third-order valence-corrected chi connectivity index (χ3v) is 2.96. The lowest BCUT2D eigenvalue weighted by atomic mass is 10.0. The number of aliphatic hydroxyl groups excluding tert-OH is 1. The monoisotopic (exact) mass is 250 g/mol. The minimum absolute atomic E-state index is 0.0210. The van der Waals surface area contributed by atoms with Crippen LogP contribution in [0.1, 0.15) is 44.8 Å². The van der Waals surface area contributed by atoms with E-state index in [1.807, 2.05) is 19.9 Å². The Morgan fingerprint density at radius 2 is 2.22 bits per heavy atom. The second-order valence-corrected chi connectivity index (χ2v) is 4.60. The predicted octanol–water partition coefficient (Wildman–Crippen LogP) is 2.00. The number of nitrogen functional groups attached to an aromatic ring is 1. The minimum Gasteiger partial charge on any atom is -0.399 e. The number of carbonyl (C=O) groups is 1. The highest BCUT2D eigenvalue weighted by molar-refractivity contribution is 5.76. The number of amides is 1. The van der Waals surface area contributed by atoms with Crippen LogP contribution >= 0.6 is 0 Å². The lowest BCUT2D eigenvalue weighted by Crippen LogP contribution is -2.31. The Hall–Kier alpha value is -1.55. The summed E-state index contributed by atoms with van der Waals surface area (Å²) in [5.41, 5.74) is 7.02. The van der Waals surface area contributed by atoms with Crippen molar-refractivity contribution in [2.75, 3.05) is 5.73 Å². The highest BCUT2D eigenvalue weighted by Gasteiger charge is 2.11. The number of hydrogen-bond acceptors (Lipinski definition) is 3. The van der Waals surface area contributed by atoms with Gasteiger partial charge in [0.05, 0.1) is 6.10 Å². The van der Waals surface area contributed by atoms with Crippen LogP contribution in [-0.2, 0) is 4.79 Å². The Morgan fingerprint density at radius 3 is 2.83 bits per heavy atom. The molecule has 1 rings (SSSR count). The van der Waals surface area contributed by atoms with E-state index in [-0.39, 0.29) is 11.9 Å². The van der Waals surface area contributed by atoms with Gasteiger partial charge in [0.25, 0.3) is 0 Å². The second kappa shape index (κ2) is 7.01. The fraction of sp³-hybridized carbons (Fsp3) is 0.500. The molecule has 18 heavy (non-hydrogen) atoms. The normalized spacial score (nSPS) is 13.9. The predicted molar refractivity (Wildman–Crippen MR) is 72.9 cm³/mol. The molecule has 0 aliphatic rings. The molecule has 0 radical (unpaired) electrons. The average Bonchev–Trinajstić information content (AvgIpc) is 2.35. The summed E-state index contributed by atoms with van der Waals surface area (Å²) >= 11 is 0. The molecule has 0 spiro atoms. The SMILES string of the molecule is CCC(C)NC(=O)CCC(O)c1cccc(N)c1. The first-order valence-corrected chi connectivity index (χ1v) is 6.35. The average molecular weight is 250 g/mol. The van der Waals surface area contributed by atoms with Gasteiger partial charge < -0.3 is 16.2 Å². The van der Waals surface area contributed by atoms with Crippen LogP contribution in [0.5, 0.6) is 0 Å². The lowest BCUT2D eigenvalue weighted by Gasteiger charge is -2.14. The van der Waals surface area contributed by atoms with Crippen LogP contribution in [0.4, 0.5) is 5.69 Å². The molecule has 4 nitrogen and oxygen atoms in total. The first-order valence-electron chi connectivity index (χ1n) is 6.35. The van der Waals surface area contributed by atoms with E-state index in [2.05, 4.69) is 5.32 Å². The van der Waals surface area contributed by atoms with Gasteiger partial charge in [-0.1, -0.05) is 19.1 Å². The quantitative estimate of drug-likeness (QED) is 0.676. The van der Waals surface area contributed by atoms with Crippen molar-refractivity contribution in [3.63, 3.8) is 0 Å². The van der Waals surface area contributed by atoms with Crippen molar-refractivity contribution in [3.05, 3.63) is 29.8 Å². The van der Waals surface area contributed by atoms with Crippen LogP contribution in [0.15, 0.2) is 24.3 Å². The van der Waals surface area contributed by atoms with Crippen molar-refractivity contribution in [1.29, 1.82) is 0 Å². The van der Waals surface area contributed by atoms with Crippen LogP contribution < -0.4 is 11.1 Å². The summed E-state index contributed by atoms with van der Waals surface area (Å²) in [6.45, 7) is 3.98. The van der Waals surface area contributed by atoms with E-state index in [9.17, 15) is 9.90 Å². The van der Waals surface area contributed by atoms with Gasteiger partial charge in [-0.15, -0.1) is 0 Å². The maximum atomic E-state index is 11.6. The summed E-state index contributed by atoms with van der Waals surface area (Å²) in [7, 11) is 0. The van der Waals surface area contributed by atoms with Gasteiger partial charge in [0.2, 0.25) is 5.91 Å². The molecule has 0 heterocycles. The van der Waals surface area contributed by atoms with Crippen LogP contribution in [0.25, 0.3) is 0 Å². The van der Waals surface area contributed by atoms with Gasteiger partial charge >= 0.3 is 0 Å². The second-order valence-electron chi connectivity index (χ2n) is 4.60. The van der Waals surface area contributed by atoms with Gasteiger partial charge in [-0.2, -0.15) is 0 Å². The third kappa shape index (κ3) is 4.75. The van der Waals surface area contributed by atoms with E-state index in [4.69, 9.17) is 5.73 Å². The van der Waals surface area contributed by atoms with E-state index in [0.29, 0.717) is 18.5 Å². The molecule has 0 aromatic heterocycles. The molecule has 2 unspecified atom stereocenters. The minimum atomic E-state index is -0.642. The Kier molecular flexibility index (Phi) is 5.65. The molecule has 1 aromatic rings. The van der Waals surface area contributed by atoms with E-state index in [1.165, 1.54) is 0 Å². The summed E-state index contributed by atoms with van der Waals surface area (Å²) in [6.07, 6.45) is 0.992. The van der Waals surface area contributed by atoms with Gasteiger partial charge in [0.15, 0.2) is 0 Å². The largest absolute Gasteiger partial charge is 0.399 e. The zero-order chi connectivity index (χ0) is 13.5. The summed E-state index contributed by atoms with van der Waals surface area (Å²) in [6, 6.07) is 7.30. The molecule has 0 aliphatic heterocycles. The Morgan fingerprint density at radius 1 is 1.50 bits per heavy atom. The molecule has 0 fully saturated rings. The molecule has 4 N–H and O–H groups in total. The van der Waals surface area contributed by atoms with E-state index < -0.39 is 6.10 Å². The fourth-order valence-corrected chi connectivity index (χ4v) is 1.65. The molecule has 0 aliphatic carbocycles. The molecular formula is C14H22N2O2. The molecule has 1 amide bonds. The maximum Gasteiger partial charge on any atom is 0.220 e. The van der Waals surface area contributed by atoms with Gasteiger partial charge in [0.1, 0.15) is 0 Å². The Labute approximate surface area is 108 Å². The van der Waals surface area contributed by atoms with Gasteiger partial charge in [-0.25, -0.2) is 0 Å². The molecule has 0 saturated carbocycles. The Balaban J connectivity index is 2.41. The first-order chi connectivity index (χ1) is 8.52. The van der Waals surface area contributed by atoms with Crippen LogP contribution in [-0.4, -0.2) is 17.1 Å². The fourth-order valence-electron chi connectivity index (χ4n) is 1.65. The van der Waals surface area contributed by atoms with Crippen LogP contribution in [0.3, 0.4) is 0 Å². The molecule has 2 atom stereocenters. The zero-order valence-corrected chi connectivity index (χ0v) is 11.0. The lowest BCUT2D eigenvalue weighted by molar-refractivity contribution is -0.122. The van der Waals surface area contributed by atoms with E-state index in [0.717, 1.165) is 12.0 Å². The number of hydrogen-bond donors (Lipinski definition) is 3. The van der Waals surface area contributed by atoms with Crippen molar-refractivity contribution in [3.8, 4) is 0 Å². The van der Waals surface area contributed by atoms with E-state index in [1.54, 1.807) is 18.2 Å². The first kappa shape index (κ1) is 14.5. The van der Waals surface area contributed by atoms with E-state index >= 15 is 0 Å². The van der Waals surface area contributed by atoms with Gasteiger partial charge in [0, 0.05) is 18.2 Å². The number of benzene rings is 1. The number of nitrogens with two attached hydrogens (primary N) is 1. The standard InChI is InChI=1S/C14H22N2O2/c1-3-10(2)16-14(18)8-7-13(17)11-5-4-6-12(15)9-11/h4-6,9-10,13,17H,3,7-8,15H2,1-2H3,(H,16,18). The van der Waals surface area contributed by atoms with Crippen molar-refractivity contribution in [1.82, 2.24) is 5.32 Å². The number of anilines is 1. The third-order valence-electron chi connectivity index (χ3n) is 2.96. The molecule has 0 bridgehead atoms. The topological polar surface area (TPSA) is 75.3 Å². The van der Waals surface area contributed by atoms with Crippen molar-refractivity contribution in [2.24, 2.45) is 0 Å². The molecule has 100 valence electrons. The molecular weight excluding hydrogens is 228 g/mol. The molecule has 4 heteroatoms. The molecule has 1 aromatic carbocycles. The van der Waals surface area contributed by atoms with Gasteiger partial charge in [-0.3, -0.25) is 4.79 Å². The van der Waals surface area contributed by atoms with Crippen molar-refractivity contribution < 1.29 is 9.90 Å². The number of nitrogens with one attached hydrogen (secondary N) is 1. The smallest absolute Gasteiger partial charge is 0.220 e. The highest BCUT2D eigenvalue weighted by Crippen LogP contribution is 2.20. The van der Waals surface area contributed by atoms with Crippen molar-refractivity contribution in [2.45, 2.75) is 45.3 Å². The summed E-state index contributed by atoms with van der Waals surface area (Å²) in [4.78, 5) is 11.6. The Bertz CT molecular complexity index is 393. The zero-order valence-electron chi connectivity index (χ0n) is 11.0. The highest BCUT2D eigenvalue weighted by atomic mass is 16.3. The maximum absolute atomic E-state index is 11.6. The summed E-state index contributed by atoms with van der Waals surface area (Å²) in [5.74, 6) is -0.0210. The van der Waals surface area contributed by atoms with Gasteiger partial charge in [-0.05, 0) is 37.5 Å². The summed E-state index contributed by atoms with van der Waals surface area (Å²) in [5, 5.41) is 12.8. The van der Waals surface area contributed by atoms with Crippen molar-refractivity contribution >= 4 is 11.6 Å². The number of carbonyl (C=O) groups excluding carboxylic acids is 1. The number of aliphatic hydroxyl groups is 1. The molecule has 0 saturated heterocycles.